The molecule has 76 valence electrons. The molecule has 4 heteroatoms. The molecule has 1 atom stereocenters. The van der Waals surface area contributed by atoms with Crippen molar-refractivity contribution in [2.45, 2.75) is 18.9 Å². The van der Waals surface area contributed by atoms with Crippen molar-refractivity contribution in [2.75, 3.05) is 0 Å². The molecule has 0 spiro atoms. The zero-order valence-corrected chi connectivity index (χ0v) is 7.43. The topological polar surface area (TPSA) is 26.0 Å². The van der Waals surface area contributed by atoms with Crippen molar-refractivity contribution in [3.8, 4) is 0 Å². The minimum atomic E-state index is -0.910. The Kier molecular flexibility index (Phi) is 2.23. The summed E-state index contributed by atoms with van der Waals surface area (Å²) in [4.78, 5) is 0. The van der Waals surface area contributed by atoms with Gasteiger partial charge in [-0.05, 0) is 18.8 Å². The molecule has 14 heavy (non-hydrogen) atoms. The molecule has 0 radical (unpaired) electrons. The predicted octanol–water partition coefficient (Wildman–Crippen LogP) is 2.51. The van der Waals surface area contributed by atoms with Gasteiger partial charge in [0.1, 0.15) is 17.5 Å². The highest BCUT2D eigenvalue weighted by molar-refractivity contribution is 5.25. The van der Waals surface area contributed by atoms with Gasteiger partial charge < -0.3 is 5.73 Å². The van der Waals surface area contributed by atoms with Gasteiger partial charge in [0.15, 0.2) is 0 Å². The third kappa shape index (κ3) is 1.62. The Hall–Kier alpha value is -1.03. The van der Waals surface area contributed by atoms with Gasteiger partial charge in [0.25, 0.3) is 0 Å². The van der Waals surface area contributed by atoms with E-state index in [0.29, 0.717) is 12.1 Å². The van der Waals surface area contributed by atoms with Crippen LogP contribution in [0.4, 0.5) is 13.2 Å². The molecule has 1 fully saturated rings. The highest BCUT2D eigenvalue weighted by atomic mass is 19.1. The van der Waals surface area contributed by atoms with E-state index in [-0.39, 0.29) is 11.5 Å². The van der Waals surface area contributed by atoms with Crippen LogP contribution in [0.2, 0.25) is 0 Å². The van der Waals surface area contributed by atoms with E-state index in [1.807, 2.05) is 0 Å². The molecule has 2 rings (SSSR count). The number of halogens is 3. The number of hydrogen-bond donors (Lipinski definition) is 1. The summed E-state index contributed by atoms with van der Waals surface area (Å²) in [5.74, 6) is -2.54. The Bertz CT molecular complexity index is 337. The summed E-state index contributed by atoms with van der Waals surface area (Å²) in [7, 11) is 0. The SMILES string of the molecule is N[C@H](c1c(F)cc(F)cc1F)C1CC1. The number of hydrogen-bond acceptors (Lipinski definition) is 1. The predicted molar refractivity (Wildman–Crippen MR) is 46.0 cm³/mol. The molecule has 1 aliphatic carbocycles. The van der Waals surface area contributed by atoms with Gasteiger partial charge in [-0.15, -0.1) is 0 Å². The fourth-order valence-corrected chi connectivity index (χ4v) is 1.56. The van der Waals surface area contributed by atoms with Crippen molar-refractivity contribution in [3.63, 3.8) is 0 Å². The van der Waals surface area contributed by atoms with Gasteiger partial charge in [0.2, 0.25) is 0 Å². The normalized spacial score (nSPS) is 18.3. The van der Waals surface area contributed by atoms with E-state index in [0.717, 1.165) is 12.8 Å². The molecular weight excluding hydrogens is 191 g/mol. The molecule has 0 amide bonds. The lowest BCUT2D eigenvalue weighted by atomic mass is 10.0. The molecule has 0 saturated heterocycles. The van der Waals surface area contributed by atoms with Gasteiger partial charge in [-0.2, -0.15) is 0 Å². The minimum absolute atomic E-state index is 0.143. The zero-order chi connectivity index (χ0) is 10.3. The summed E-state index contributed by atoms with van der Waals surface area (Å²) in [6.45, 7) is 0. The lowest BCUT2D eigenvalue weighted by Gasteiger charge is -2.12. The molecule has 2 N–H and O–H groups in total. The van der Waals surface area contributed by atoms with Gasteiger partial charge in [0.05, 0.1) is 0 Å². The van der Waals surface area contributed by atoms with E-state index in [1.54, 1.807) is 0 Å². The smallest absolute Gasteiger partial charge is 0.133 e. The van der Waals surface area contributed by atoms with Crippen LogP contribution in [-0.2, 0) is 0 Å². The van der Waals surface area contributed by atoms with Crippen LogP contribution in [0.25, 0.3) is 0 Å². The molecule has 0 heterocycles. The van der Waals surface area contributed by atoms with Crippen molar-refractivity contribution in [3.05, 3.63) is 35.1 Å². The first kappa shape index (κ1) is 9.52. The van der Waals surface area contributed by atoms with Gasteiger partial charge in [0, 0.05) is 23.7 Å². The van der Waals surface area contributed by atoms with Crippen LogP contribution in [0.5, 0.6) is 0 Å². The summed E-state index contributed by atoms with van der Waals surface area (Å²) in [5.41, 5.74) is 5.46. The molecule has 1 nitrogen and oxygen atoms in total. The van der Waals surface area contributed by atoms with Gasteiger partial charge in [-0.1, -0.05) is 0 Å². The second kappa shape index (κ2) is 3.28. The maximum atomic E-state index is 13.2. The van der Waals surface area contributed by atoms with Crippen molar-refractivity contribution >= 4 is 0 Å². The zero-order valence-electron chi connectivity index (χ0n) is 7.43. The molecule has 1 aliphatic rings. The van der Waals surface area contributed by atoms with Crippen molar-refractivity contribution in [1.29, 1.82) is 0 Å². The van der Waals surface area contributed by atoms with Crippen LogP contribution in [-0.4, -0.2) is 0 Å². The summed E-state index contributed by atoms with van der Waals surface area (Å²) in [6, 6.07) is 0.692. The maximum absolute atomic E-state index is 13.2. The van der Waals surface area contributed by atoms with Gasteiger partial charge in [-0.25, -0.2) is 13.2 Å². The lowest BCUT2D eigenvalue weighted by Crippen LogP contribution is -2.16. The Morgan fingerprint density at radius 2 is 1.64 bits per heavy atom. The van der Waals surface area contributed by atoms with Gasteiger partial charge >= 0.3 is 0 Å². The monoisotopic (exact) mass is 201 g/mol. The van der Waals surface area contributed by atoms with E-state index in [4.69, 9.17) is 5.73 Å². The molecule has 0 unspecified atom stereocenters. The van der Waals surface area contributed by atoms with E-state index < -0.39 is 23.5 Å². The molecular formula is C10H10F3N. The fraction of sp³-hybridized carbons (Fsp3) is 0.400. The third-order valence-corrected chi connectivity index (χ3v) is 2.51. The average Bonchev–Trinajstić information content (AvgIpc) is 2.83. The Morgan fingerprint density at radius 1 is 1.14 bits per heavy atom. The van der Waals surface area contributed by atoms with Crippen LogP contribution >= 0.6 is 0 Å². The van der Waals surface area contributed by atoms with E-state index >= 15 is 0 Å². The summed E-state index contributed by atoms with van der Waals surface area (Å²) < 4.78 is 38.9. The molecule has 1 aromatic carbocycles. The first-order valence-electron chi connectivity index (χ1n) is 4.49. The number of nitrogens with two attached hydrogens (primary N) is 1. The summed E-state index contributed by atoms with van der Waals surface area (Å²) in [6.07, 6.45) is 1.77. The second-order valence-corrected chi connectivity index (χ2v) is 3.65. The largest absolute Gasteiger partial charge is 0.324 e. The minimum Gasteiger partial charge on any atom is -0.324 e. The second-order valence-electron chi connectivity index (χ2n) is 3.65. The number of rotatable bonds is 2. The van der Waals surface area contributed by atoms with E-state index in [2.05, 4.69) is 0 Å². The molecule has 1 aromatic rings. The molecule has 1 saturated carbocycles. The highest BCUT2D eigenvalue weighted by Gasteiger charge is 2.33. The molecule has 0 bridgehead atoms. The standard InChI is InChI=1S/C10H10F3N/c11-6-3-7(12)9(8(13)4-6)10(14)5-1-2-5/h3-5,10H,1-2,14H2/t10-/m0/s1. The maximum Gasteiger partial charge on any atom is 0.133 e. The Labute approximate surface area is 79.7 Å². The Morgan fingerprint density at radius 3 is 2.07 bits per heavy atom. The number of benzene rings is 1. The Balaban J connectivity index is 2.40. The average molecular weight is 201 g/mol. The van der Waals surface area contributed by atoms with Crippen molar-refractivity contribution in [2.24, 2.45) is 11.7 Å². The molecule has 0 aromatic heterocycles. The van der Waals surface area contributed by atoms with Gasteiger partial charge in [-0.3, -0.25) is 0 Å². The quantitative estimate of drug-likeness (QED) is 0.781. The van der Waals surface area contributed by atoms with Crippen LogP contribution in [0.3, 0.4) is 0 Å². The van der Waals surface area contributed by atoms with E-state index in [9.17, 15) is 13.2 Å². The lowest BCUT2D eigenvalue weighted by molar-refractivity contribution is 0.486. The van der Waals surface area contributed by atoms with Crippen LogP contribution < -0.4 is 5.73 Å². The van der Waals surface area contributed by atoms with Crippen LogP contribution in [0.1, 0.15) is 24.4 Å². The van der Waals surface area contributed by atoms with E-state index in [1.165, 1.54) is 0 Å². The molecule has 0 aliphatic heterocycles. The first-order chi connectivity index (χ1) is 6.59. The van der Waals surface area contributed by atoms with Crippen LogP contribution in [0, 0.1) is 23.4 Å². The van der Waals surface area contributed by atoms with Crippen molar-refractivity contribution in [1.82, 2.24) is 0 Å². The third-order valence-electron chi connectivity index (χ3n) is 2.51. The fourth-order valence-electron chi connectivity index (χ4n) is 1.56. The first-order valence-corrected chi connectivity index (χ1v) is 4.49. The summed E-state index contributed by atoms with van der Waals surface area (Å²) in [5, 5.41) is 0. The highest BCUT2D eigenvalue weighted by Crippen LogP contribution is 2.40. The van der Waals surface area contributed by atoms with Crippen molar-refractivity contribution < 1.29 is 13.2 Å². The summed E-state index contributed by atoms with van der Waals surface area (Å²) >= 11 is 0. The van der Waals surface area contributed by atoms with Crippen LogP contribution in [0.15, 0.2) is 12.1 Å².